The van der Waals surface area contributed by atoms with Crippen LogP contribution in [0, 0.1) is 11.3 Å². The normalized spacial score (nSPS) is 27.2. The maximum absolute atomic E-state index is 11.1. The maximum Gasteiger partial charge on any atom is 0.251 e. The van der Waals surface area contributed by atoms with Crippen molar-refractivity contribution in [1.82, 2.24) is 5.32 Å². The Balaban J connectivity index is 2.55. The Labute approximate surface area is 90.2 Å². The summed E-state index contributed by atoms with van der Waals surface area (Å²) in [6, 6.07) is 1.98. The number of fused-ring (bicyclic) bond motifs is 1. The van der Waals surface area contributed by atoms with Gasteiger partial charge in [0.05, 0.1) is 5.70 Å². The summed E-state index contributed by atoms with van der Waals surface area (Å²) >= 11 is 1.26. The van der Waals surface area contributed by atoms with E-state index in [0.717, 1.165) is 6.08 Å². The molecule has 1 amide bonds. The van der Waals surface area contributed by atoms with Gasteiger partial charge in [-0.1, -0.05) is 11.8 Å². The zero-order valence-corrected chi connectivity index (χ0v) is 8.63. The molecule has 2 aliphatic rings. The van der Waals surface area contributed by atoms with Gasteiger partial charge in [-0.05, 0) is 0 Å². The SMILES string of the molecule is CN=C1SC2C(O)=CC(=O)NC2=C1C#N. The molecule has 0 spiro atoms. The van der Waals surface area contributed by atoms with Crippen molar-refractivity contribution in [2.75, 3.05) is 7.05 Å². The Kier molecular flexibility index (Phi) is 2.25. The van der Waals surface area contributed by atoms with Crippen LogP contribution in [0.1, 0.15) is 0 Å². The van der Waals surface area contributed by atoms with E-state index in [1.807, 2.05) is 6.07 Å². The second-order valence-corrected chi connectivity index (χ2v) is 4.08. The minimum Gasteiger partial charge on any atom is -0.510 e. The van der Waals surface area contributed by atoms with Gasteiger partial charge in [0.1, 0.15) is 27.7 Å². The fraction of sp³-hybridized carbons (Fsp3) is 0.222. The average molecular weight is 221 g/mol. The lowest BCUT2D eigenvalue weighted by Gasteiger charge is -2.17. The van der Waals surface area contributed by atoms with E-state index < -0.39 is 11.2 Å². The summed E-state index contributed by atoms with van der Waals surface area (Å²) in [6.45, 7) is 0. The van der Waals surface area contributed by atoms with E-state index in [1.54, 1.807) is 7.05 Å². The molecule has 0 aromatic carbocycles. The maximum atomic E-state index is 11.1. The summed E-state index contributed by atoms with van der Waals surface area (Å²) in [5, 5.41) is 21.2. The number of hydrogen-bond acceptors (Lipinski definition) is 5. The molecule has 1 atom stereocenters. The molecule has 6 heteroatoms. The van der Waals surface area contributed by atoms with Crippen LogP contribution in [-0.4, -0.2) is 28.4 Å². The van der Waals surface area contributed by atoms with E-state index >= 15 is 0 Å². The van der Waals surface area contributed by atoms with E-state index in [0.29, 0.717) is 16.3 Å². The molecule has 76 valence electrons. The fourth-order valence-corrected chi connectivity index (χ4v) is 2.55. The molecule has 0 bridgehead atoms. The molecule has 5 nitrogen and oxygen atoms in total. The lowest BCUT2D eigenvalue weighted by atomic mass is 10.1. The van der Waals surface area contributed by atoms with Gasteiger partial charge in [-0.3, -0.25) is 9.79 Å². The lowest BCUT2D eigenvalue weighted by Crippen LogP contribution is -2.32. The topological polar surface area (TPSA) is 85.5 Å². The molecular weight excluding hydrogens is 214 g/mol. The molecule has 15 heavy (non-hydrogen) atoms. The third kappa shape index (κ3) is 1.41. The number of carbonyl (C=O) groups is 1. The van der Waals surface area contributed by atoms with Gasteiger partial charge in [-0.25, -0.2) is 0 Å². The van der Waals surface area contributed by atoms with Crippen molar-refractivity contribution in [3.8, 4) is 6.07 Å². The number of nitrogens with one attached hydrogen (secondary N) is 1. The largest absolute Gasteiger partial charge is 0.510 e. The first-order valence-electron chi connectivity index (χ1n) is 4.17. The number of nitriles is 1. The first-order chi connectivity index (χ1) is 7.17. The van der Waals surface area contributed by atoms with Crippen LogP contribution in [-0.2, 0) is 4.79 Å². The second kappa shape index (κ2) is 3.44. The van der Waals surface area contributed by atoms with Gasteiger partial charge in [-0.15, -0.1) is 0 Å². The first-order valence-corrected chi connectivity index (χ1v) is 5.05. The molecule has 0 aromatic rings. The minimum atomic E-state index is -0.413. The highest BCUT2D eigenvalue weighted by Gasteiger charge is 2.37. The second-order valence-electron chi connectivity index (χ2n) is 2.99. The molecule has 0 aromatic heterocycles. The van der Waals surface area contributed by atoms with Crippen molar-refractivity contribution >= 4 is 22.7 Å². The quantitative estimate of drug-likeness (QED) is 0.623. The van der Waals surface area contributed by atoms with Crippen LogP contribution in [0.3, 0.4) is 0 Å². The number of rotatable bonds is 0. The summed E-state index contributed by atoms with van der Waals surface area (Å²) in [7, 11) is 1.57. The summed E-state index contributed by atoms with van der Waals surface area (Å²) in [5.41, 5.74) is 0.772. The molecule has 0 saturated carbocycles. The smallest absolute Gasteiger partial charge is 0.251 e. The predicted molar refractivity (Wildman–Crippen MR) is 56.2 cm³/mol. The van der Waals surface area contributed by atoms with Crippen molar-refractivity contribution < 1.29 is 9.90 Å². The van der Waals surface area contributed by atoms with Crippen LogP contribution in [0.15, 0.2) is 28.1 Å². The van der Waals surface area contributed by atoms with Crippen LogP contribution in [0.5, 0.6) is 0 Å². The van der Waals surface area contributed by atoms with Crippen molar-refractivity contribution in [2.24, 2.45) is 4.99 Å². The number of hydrogen-bond donors (Lipinski definition) is 2. The van der Waals surface area contributed by atoms with Gasteiger partial charge in [0, 0.05) is 13.1 Å². The molecule has 0 aliphatic carbocycles. The molecule has 1 unspecified atom stereocenters. The predicted octanol–water partition coefficient (Wildman–Crippen LogP) is 0.479. The third-order valence-corrected chi connectivity index (χ3v) is 3.42. The summed E-state index contributed by atoms with van der Waals surface area (Å²) in [5.74, 6) is -0.449. The van der Waals surface area contributed by atoms with Gasteiger partial charge in [0.2, 0.25) is 0 Å². The van der Waals surface area contributed by atoms with Gasteiger partial charge >= 0.3 is 0 Å². The monoisotopic (exact) mass is 221 g/mol. The van der Waals surface area contributed by atoms with E-state index in [2.05, 4.69) is 10.3 Å². The van der Waals surface area contributed by atoms with Crippen molar-refractivity contribution in [1.29, 1.82) is 5.26 Å². The lowest BCUT2D eigenvalue weighted by molar-refractivity contribution is -0.116. The van der Waals surface area contributed by atoms with Crippen LogP contribution >= 0.6 is 11.8 Å². The Morgan fingerprint density at radius 1 is 1.73 bits per heavy atom. The fourth-order valence-electron chi connectivity index (χ4n) is 1.46. The van der Waals surface area contributed by atoms with Crippen LogP contribution in [0.4, 0.5) is 0 Å². The Bertz CT molecular complexity index is 470. The third-order valence-electron chi connectivity index (χ3n) is 2.10. The number of aliphatic imine (C=N–C) groups is 1. The number of carbonyl (C=O) groups excluding carboxylic acids is 1. The van der Waals surface area contributed by atoms with Crippen LogP contribution in [0.25, 0.3) is 0 Å². The van der Waals surface area contributed by atoms with E-state index in [9.17, 15) is 9.90 Å². The minimum absolute atomic E-state index is 0.0369. The van der Waals surface area contributed by atoms with E-state index in [1.165, 1.54) is 11.8 Å². The highest BCUT2D eigenvalue weighted by molar-refractivity contribution is 8.15. The van der Waals surface area contributed by atoms with Gasteiger partial charge in [-0.2, -0.15) is 5.26 Å². The summed E-state index contributed by atoms with van der Waals surface area (Å²) in [4.78, 5) is 15.1. The number of amides is 1. The van der Waals surface area contributed by atoms with Crippen molar-refractivity contribution in [3.63, 3.8) is 0 Å². The summed E-state index contributed by atoms with van der Waals surface area (Å²) < 4.78 is 0. The molecule has 0 saturated heterocycles. The number of aliphatic hydroxyl groups is 1. The molecule has 2 aliphatic heterocycles. The van der Waals surface area contributed by atoms with Crippen molar-refractivity contribution in [3.05, 3.63) is 23.1 Å². The number of thioether (sulfide) groups is 1. The van der Waals surface area contributed by atoms with Gasteiger partial charge in [0.15, 0.2) is 0 Å². The molecule has 2 N–H and O–H groups in total. The standard InChI is InChI=1S/C9H7N3O2S/c1-11-9-4(3-10)7-8(15-9)5(13)2-6(14)12-7/h2,8,13H,1H3,(H,12,14). The Morgan fingerprint density at radius 3 is 3.07 bits per heavy atom. The molecule has 2 heterocycles. The zero-order chi connectivity index (χ0) is 11.0. The first kappa shape index (κ1) is 9.80. The molecule has 2 rings (SSSR count). The van der Waals surface area contributed by atoms with Gasteiger partial charge in [0.25, 0.3) is 5.91 Å². The van der Waals surface area contributed by atoms with E-state index in [-0.39, 0.29) is 5.76 Å². The van der Waals surface area contributed by atoms with Crippen LogP contribution < -0.4 is 5.32 Å². The molecule has 0 radical (unpaired) electrons. The van der Waals surface area contributed by atoms with E-state index in [4.69, 9.17) is 5.26 Å². The Hall–Kier alpha value is -1.74. The zero-order valence-electron chi connectivity index (χ0n) is 7.81. The Morgan fingerprint density at radius 2 is 2.47 bits per heavy atom. The number of nitrogens with zero attached hydrogens (tertiary/aromatic N) is 2. The molecular formula is C9H7N3O2S. The average Bonchev–Trinajstić information content (AvgIpc) is 2.55. The molecule has 0 fully saturated rings. The number of aliphatic hydroxyl groups excluding tert-OH is 1. The summed E-state index contributed by atoms with van der Waals surface area (Å²) in [6.07, 6.45) is 1.12. The van der Waals surface area contributed by atoms with Crippen molar-refractivity contribution in [2.45, 2.75) is 5.25 Å². The highest BCUT2D eigenvalue weighted by Crippen LogP contribution is 2.38. The van der Waals surface area contributed by atoms with Gasteiger partial charge < -0.3 is 10.4 Å². The van der Waals surface area contributed by atoms with Crippen LogP contribution in [0.2, 0.25) is 0 Å². The highest BCUT2D eigenvalue weighted by atomic mass is 32.2.